The van der Waals surface area contributed by atoms with Crippen LogP contribution >= 0.6 is 0 Å². The van der Waals surface area contributed by atoms with E-state index in [0.717, 1.165) is 17.0 Å². The van der Waals surface area contributed by atoms with Gasteiger partial charge in [-0.25, -0.2) is 4.98 Å². The van der Waals surface area contributed by atoms with Gasteiger partial charge in [0.1, 0.15) is 11.6 Å². The van der Waals surface area contributed by atoms with Crippen molar-refractivity contribution >= 4 is 0 Å². The average molecular weight is 287 g/mol. The number of rotatable bonds is 6. The minimum atomic E-state index is -0.122. The third-order valence-electron chi connectivity index (χ3n) is 3.04. The normalized spacial score (nSPS) is 10.9. The van der Waals surface area contributed by atoms with Gasteiger partial charge in [-0.15, -0.1) is 0 Å². The average Bonchev–Trinajstić information content (AvgIpc) is 2.45. The lowest BCUT2D eigenvalue weighted by Crippen LogP contribution is -2.24. The van der Waals surface area contributed by atoms with Crippen LogP contribution < -0.4 is 15.6 Å². The smallest absolute Gasteiger partial charge is 0.251 e. The Balaban J connectivity index is 2.17. The quantitative estimate of drug-likeness (QED) is 0.851. The van der Waals surface area contributed by atoms with Crippen molar-refractivity contribution in [3.8, 4) is 5.75 Å². The van der Waals surface area contributed by atoms with Crippen molar-refractivity contribution in [1.82, 2.24) is 15.3 Å². The number of aromatic amines is 1. The van der Waals surface area contributed by atoms with Crippen LogP contribution in [0.15, 0.2) is 35.1 Å². The molecule has 2 rings (SSSR count). The van der Waals surface area contributed by atoms with Crippen LogP contribution in [0.25, 0.3) is 0 Å². The summed E-state index contributed by atoms with van der Waals surface area (Å²) >= 11 is 0. The minimum absolute atomic E-state index is 0.122. The lowest BCUT2D eigenvalue weighted by atomic mass is 10.1. The Kier molecular flexibility index (Phi) is 5.11. The van der Waals surface area contributed by atoms with Gasteiger partial charge in [-0.1, -0.05) is 26.0 Å². The van der Waals surface area contributed by atoms with Gasteiger partial charge in [0.2, 0.25) is 0 Å². The molecule has 0 saturated carbocycles. The molecule has 0 aliphatic carbocycles. The van der Waals surface area contributed by atoms with Crippen LogP contribution in [0.5, 0.6) is 5.75 Å². The van der Waals surface area contributed by atoms with E-state index in [0.29, 0.717) is 24.8 Å². The highest BCUT2D eigenvalue weighted by molar-refractivity contribution is 5.30. The number of H-pyrrole nitrogens is 1. The molecule has 1 heterocycles. The summed E-state index contributed by atoms with van der Waals surface area (Å²) in [5.74, 6) is 1.46. The molecule has 0 aliphatic rings. The first kappa shape index (κ1) is 15.3. The van der Waals surface area contributed by atoms with Gasteiger partial charge < -0.3 is 15.0 Å². The first-order valence-electron chi connectivity index (χ1n) is 7.02. The molecular weight excluding hydrogens is 266 g/mol. The van der Waals surface area contributed by atoms with Crippen LogP contribution in [-0.2, 0) is 13.0 Å². The summed E-state index contributed by atoms with van der Waals surface area (Å²) in [5.41, 5.74) is 1.68. The molecule has 0 saturated heterocycles. The number of nitrogens with zero attached hydrogens (tertiary/aromatic N) is 1. The molecule has 0 fully saturated rings. The van der Waals surface area contributed by atoms with E-state index in [1.807, 2.05) is 24.3 Å². The molecule has 112 valence electrons. The number of benzene rings is 1. The van der Waals surface area contributed by atoms with E-state index in [1.54, 1.807) is 7.11 Å². The van der Waals surface area contributed by atoms with Gasteiger partial charge in [-0.05, 0) is 17.7 Å². The molecule has 0 spiro atoms. The fourth-order valence-corrected chi connectivity index (χ4v) is 2.02. The molecule has 5 heteroatoms. The second-order valence-electron chi connectivity index (χ2n) is 5.25. The van der Waals surface area contributed by atoms with Crippen LogP contribution in [0, 0.1) is 0 Å². The molecule has 0 bridgehead atoms. The molecule has 0 aliphatic heterocycles. The molecule has 0 radical (unpaired) electrons. The van der Waals surface area contributed by atoms with Crippen molar-refractivity contribution in [3.05, 3.63) is 57.8 Å². The number of methoxy groups -OCH3 is 1. The monoisotopic (exact) mass is 287 g/mol. The Morgan fingerprint density at radius 3 is 2.86 bits per heavy atom. The summed E-state index contributed by atoms with van der Waals surface area (Å²) in [4.78, 5) is 19.0. The van der Waals surface area contributed by atoms with Crippen LogP contribution in [0.2, 0.25) is 0 Å². The highest BCUT2D eigenvalue weighted by Gasteiger charge is 2.04. The molecule has 0 atom stereocenters. The SMILES string of the molecule is COc1cccc(Cc2nc(CNC(C)C)cc(=O)[nH]2)c1. The molecule has 1 aromatic heterocycles. The zero-order valence-corrected chi connectivity index (χ0v) is 12.6. The minimum Gasteiger partial charge on any atom is -0.497 e. The molecule has 1 aromatic carbocycles. The summed E-state index contributed by atoms with van der Waals surface area (Å²) in [7, 11) is 1.64. The molecule has 2 N–H and O–H groups in total. The predicted molar refractivity (Wildman–Crippen MR) is 82.6 cm³/mol. The van der Waals surface area contributed by atoms with Crippen LogP contribution in [-0.4, -0.2) is 23.1 Å². The third-order valence-corrected chi connectivity index (χ3v) is 3.04. The predicted octanol–water partition coefficient (Wildman–Crippen LogP) is 1.87. The Labute approximate surface area is 124 Å². The molecule has 21 heavy (non-hydrogen) atoms. The number of aromatic nitrogens is 2. The first-order chi connectivity index (χ1) is 10.1. The van der Waals surface area contributed by atoms with Gasteiger partial charge in [-0.2, -0.15) is 0 Å². The summed E-state index contributed by atoms with van der Waals surface area (Å²) < 4.78 is 5.20. The van der Waals surface area contributed by atoms with E-state index >= 15 is 0 Å². The zero-order valence-electron chi connectivity index (χ0n) is 12.6. The Bertz CT molecular complexity index is 650. The van der Waals surface area contributed by atoms with Gasteiger partial charge in [0.05, 0.1) is 12.8 Å². The maximum atomic E-state index is 11.7. The van der Waals surface area contributed by atoms with Crippen molar-refractivity contribution < 1.29 is 4.74 Å². The van der Waals surface area contributed by atoms with Gasteiger partial charge in [0, 0.05) is 25.1 Å². The van der Waals surface area contributed by atoms with Crippen molar-refractivity contribution in [1.29, 1.82) is 0 Å². The van der Waals surface area contributed by atoms with Gasteiger partial charge in [0.25, 0.3) is 5.56 Å². The number of ether oxygens (including phenoxy) is 1. The van der Waals surface area contributed by atoms with Crippen LogP contribution in [0.3, 0.4) is 0 Å². The lowest BCUT2D eigenvalue weighted by molar-refractivity contribution is 0.414. The van der Waals surface area contributed by atoms with Gasteiger partial charge >= 0.3 is 0 Å². The van der Waals surface area contributed by atoms with Crippen LogP contribution in [0.1, 0.15) is 30.9 Å². The Morgan fingerprint density at radius 1 is 1.33 bits per heavy atom. The second-order valence-corrected chi connectivity index (χ2v) is 5.25. The number of hydrogen-bond acceptors (Lipinski definition) is 4. The standard InChI is InChI=1S/C16H21N3O2/c1-11(2)17-10-13-9-16(20)19-15(18-13)8-12-5-4-6-14(7-12)21-3/h4-7,9,11,17H,8,10H2,1-3H3,(H,18,19,20). The van der Waals surface area contributed by atoms with Gasteiger partial charge in [-0.3, -0.25) is 4.79 Å². The maximum absolute atomic E-state index is 11.7. The highest BCUT2D eigenvalue weighted by atomic mass is 16.5. The van der Waals surface area contributed by atoms with E-state index in [4.69, 9.17) is 4.74 Å². The van der Waals surface area contributed by atoms with Crippen molar-refractivity contribution in [2.45, 2.75) is 32.9 Å². The van der Waals surface area contributed by atoms with E-state index < -0.39 is 0 Å². The van der Waals surface area contributed by atoms with Crippen molar-refractivity contribution in [3.63, 3.8) is 0 Å². The molecule has 5 nitrogen and oxygen atoms in total. The maximum Gasteiger partial charge on any atom is 0.251 e. The van der Waals surface area contributed by atoms with E-state index in [-0.39, 0.29) is 5.56 Å². The Morgan fingerprint density at radius 2 is 2.14 bits per heavy atom. The largest absolute Gasteiger partial charge is 0.497 e. The van der Waals surface area contributed by atoms with Crippen LogP contribution in [0.4, 0.5) is 0 Å². The van der Waals surface area contributed by atoms with E-state index in [1.165, 1.54) is 6.07 Å². The van der Waals surface area contributed by atoms with Crippen molar-refractivity contribution in [2.24, 2.45) is 0 Å². The Hall–Kier alpha value is -2.14. The summed E-state index contributed by atoms with van der Waals surface area (Å²) in [6.07, 6.45) is 0.571. The third kappa shape index (κ3) is 4.72. The topological polar surface area (TPSA) is 67.0 Å². The number of hydrogen-bond donors (Lipinski definition) is 2. The lowest BCUT2D eigenvalue weighted by Gasteiger charge is -2.09. The fraction of sp³-hybridized carbons (Fsp3) is 0.375. The molecular formula is C16H21N3O2. The highest BCUT2D eigenvalue weighted by Crippen LogP contribution is 2.14. The first-order valence-corrected chi connectivity index (χ1v) is 7.02. The second kappa shape index (κ2) is 7.04. The molecule has 2 aromatic rings. The van der Waals surface area contributed by atoms with Gasteiger partial charge in [0.15, 0.2) is 0 Å². The zero-order chi connectivity index (χ0) is 15.2. The molecule has 0 amide bonds. The van der Waals surface area contributed by atoms with E-state index in [2.05, 4.69) is 29.1 Å². The number of nitrogens with one attached hydrogen (secondary N) is 2. The summed E-state index contributed by atoms with van der Waals surface area (Å²) in [6.45, 7) is 4.71. The van der Waals surface area contributed by atoms with Crippen molar-refractivity contribution in [2.75, 3.05) is 7.11 Å². The fourth-order valence-electron chi connectivity index (χ4n) is 2.02. The summed E-state index contributed by atoms with van der Waals surface area (Å²) in [5, 5.41) is 3.26. The van der Waals surface area contributed by atoms with E-state index in [9.17, 15) is 4.79 Å². The summed E-state index contributed by atoms with van der Waals surface area (Å²) in [6, 6.07) is 9.64. The molecule has 0 unspecified atom stereocenters.